The quantitative estimate of drug-likeness (QED) is 0.291. The van der Waals surface area contributed by atoms with E-state index in [0.29, 0.717) is 5.75 Å². The predicted molar refractivity (Wildman–Crippen MR) is 50.6 cm³/mol. The maximum absolute atomic E-state index is 10.6. The molecule has 0 heterocycles. The average molecular weight is 193 g/mol. The predicted octanol–water partition coefficient (Wildman–Crippen LogP) is 0.621. The molecule has 0 aromatic rings. The van der Waals surface area contributed by atoms with Crippen LogP contribution in [0.3, 0.4) is 0 Å². The van der Waals surface area contributed by atoms with Gasteiger partial charge in [0.05, 0.1) is 0 Å². The standard InChI is InChI=1S/C6H11NO2S2/c1-2-3-11-4-5(7)6(8)9-10/h2,5,10H,1,3-4,7H2/t5-/m0/s1. The van der Waals surface area contributed by atoms with E-state index in [1.807, 2.05) is 0 Å². The molecule has 5 heteroatoms. The number of carbonyl (C=O) groups is 1. The number of carbonyl (C=O) groups excluding carboxylic acids is 1. The third kappa shape index (κ3) is 5.17. The van der Waals surface area contributed by atoms with Gasteiger partial charge in [-0.15, -0.1) is 6.58 Å². The van der Waals surface area contributed by atoms with Gasteiger partial charge in [-0.05, 0) is 0 Å². The summed E-state index contributed by atoms with van der Waals surface area (Å²) in [5.74, 6) is 0.823. The molecule has 0 rings (SSSR count). The normalized spacial score (nSPS) is 12.2. The number of thiol groups is 1. The number of hydrogen-bond acceptors (Lipinski definition) is 5. The molecule has 1 atom stereocenters. The van der Waals surface area contributed by atoms with Crippen LogP contribution in [0.25, 0.3) is 0 Å². The molecule has 11 heavy (non-hydrogen) atoms. The van der Waals surface area contributed by atoms with Crippen molar-refractivity contribution in [2.24, 2.45) is 5.73 Å². The molecule has 0 radical (unpaired) electrons. The van der Waals surface area contributed by atoms with E-state index in [1.54, 1.807) is 6.08 Å². The van der Waals surface area contributed by atoms with E-state index in [9.17, 15) is 4.79 Å². The van der Waals surface area contributed by atoms with Crippen molar-refractivity contribution in [1.82, 2.24) is 0 Å². The molecular weight excluding hydrogens is 182 g/mol. The summed E-state index contributed by atoms with van der Waals surface area (Å²) in [5, 5.41) is 0. The zero-order valence-corrected chi connectivity index (χ0v) is 7.74. The first kappa shape index (κ1) is 10.9. The molecule has 0 aromatic heterocycles. The molecule has 0 unspecified atom stereocenters. The first-order valence-electron chi connectivity index (χ1n) is 3.01. The summed E-state index contributed by atoms with van der Waals surface area (Å²) in [5.41, 5.74) is 5.39. The molecule has 0 fully saturated rings. The Bertz CT molecular complexity index is 141. The molecule has 2 N–H and O–H groups in total. The second-order valence-electron chi connectivity index (χ2n) is 1.84. The zero-order chi connectivity index (χ0) is 8.69. The van der Waals surface area contributed by atoms with E-state index in [2.05, 4.69) is 23.7 Å². The van der Waals surface area contributed by atoms with E-state index in [1.165, 1.54) is 11.8 Å². The molecule has 0 saturated heterocycles. The van der Waals surface area contributed by atoms with Gasteiger partial charge in [0.1, 0.15) is 6.04 Å². The summed E-state index contributed by atoms with van der Waals surface area (Å²) in [7, 11) is 0. The lowest BCUT2D eigenvalue weighted by Gasteiger charge is -2.05. The molecule has 0 aliphatic rings. The van der Waals surface area contributed by atoms with Gasteiger partial charge in [-0.2, -0.15) is 11.8 Å². The highest BCUT2D eigenvalue weighted by Gasteiger charge is 2.12. The minimum Gasteiger partial charge on any atom is -0.393 e. The maximum atomic E-state index is 10.6. The lowest BCUT2D eigenvalue weighted by Crippen LogP contribution is -2.33. The monoisotopic (exact) mass is 193 g/mol. The molecule has 0 aliphatic heterocycles. The van der Waals surface area contributed by atoms with Crippen LogP contribution in [0.1, 0.15) is 0 Å². The fourth-order valence-corrected chi connectivity index (χ4v) is 1.24. The SMILES string of the molecule is C=CCSC[C@H](N)C(=O)OS. The Morgan fingerprint density at radius 3 is 3.00 bits per heavy atom. The van der Waals surface area contributed by atoms with Crippen molar-refractivity contribution in [2.75, 3.05) is 11.5 Å². The van der Waals surface area contributed by atoms with Gasteiger partial charge in [-0.3, -0.25) is 0 Å². The molecule has 0 saturated carbocycles. The molecule has 0 amide bonds. The summed E-state index contributed by atoms with van der Waals surface area (Å²) in [4.78, 5) is 10.6. The van der Waals surface area contributed by atoms with Gasteiger partial charge in [0.15, 0.2) is 0 Å². The summed E-state index contributed by atoms with van der Waals surface area (Å²) in [6.45, 7) is 3.53. The lowest BCUT2D eigenvalue weighted by atomic mass is 10.4. The zero-order valence-electron chi connectivity index (χ0n) is 6.03. The Hall–Kier alpha value is -0.130. The first-order chi connectivity index (χ1) is 5.22. The molecule has 0 bridgehead atoms. The van der Waals surface area contributed by atoms with Gasteiger partial charge >= 0.3 is 5.97 Å². The van der Waals surface area contributed by atoms with Crippen molar-refractivity contribution in [2.45, 2.75) is 6.04 Å². The van der Waals surface area contributed by atoms with Crippen molar-refractivity contribution in [1.29, 1.82) is 0 Å². The summed E-state index contributed by atoms with van der Waals surface area (Å²) < 4.78 is 4.13. The fourth-order valence-electron chi connectivity index (χ4n) is 0.414. The molecule has 64 valence electrons. The second-order valence-corrected chi connectivity index (χ2v) is 3.10. The van der Waals surface area contributed by atoms with Crippen LogP contribution < -0.4 is 5.73 Å². The molecular formula is C6H11NO2S2. The summed E-state index contributed by atoms with van der Waals surface area (Å²) in [6.07, 6.45) is 1.75. The highest BCUT2D eigenvalue weighted by atomic mass is 32.2. The minimum absolute atomic E-state index is 0.495. The third-order valence-electron chi connectivity index (χ3n) is 0.926. The van der Waals surface area contributed by atoms with Crippen molar-refractivity contribution in [3.8, 4) is 0 Å². The van der Waals surface area contributed by atoms with Crippen LogP contribution in [0.5, 0.6) is 0 Å². The van der Waals surface area contributed by atoms with E-state index in [4.69, 9.17) is 5.73 Å². The first-order valence-corrected chi connectivity index (χ1v) is 4.53. The minimum atomic E-state index is -0.586. The average Bonchev–Trinajstić information content (AvgIpc) is 2.03. The number of nitrogens with two attached hydrogens (primary N) is 1. The van der Waals surface area contributed by atoms with Crippen LogP contribution in [0.15, 0.2) is 12.7 Å². The number of rotatable bonds is 5. The van der Waals surface area contributed by atoms with Crippen LogP contribution in [0.2, 0.25) is 0 Å². The second kappa shape index (κ2) is 6.57. The van der Waals surface area contributed by atoms with E-state index >= 15 is 0 Å². The van der Waals surface area contributed by atoms with Gasteiger partial charge < -0.3 is 9.92 Å². The Labute approximate surface area is 76.0 Å². The lowest BCUT2D eigenvalue weighted by molar-refractivity contribution is -0.133. The van der Waals surface area contributed by atoms with Crippen LogP contribution >= 0.6 is 24.7 Å². The Morgan fingerprint density at radius 1 is 1.91 bits per heavy atom. The van der Waals surface area contributed by atoms with Crippen LogP contribution in [-0.2, 0) is 8.98 Å². The van der Waals surface area contributed by atoms with Crippen molar-refractivity contribution < 1.29 is 8.98 Å². The Balaban J connectivity index is 3.43. The molecule has 0 spiro atoms. The highest BCUT2D eigenvalue weighted by molar-refractivity contribution is 7.99. The van der Waals surface area contributed by atoms with Crippen molar-refractivity contribution in [3.05, 3.63) is 12.7 Å². The Morgan fingerprint density at radius 2 is 2.55 bits per heavy atom. The van der Waals surface area contributed by atoms with E-state index in [-0.39, 0.29) is 0 Å². The molecule has 3 nitrogen and oxygen atoms in total. The highest BCUT2D eigenvalue weighted by Crippen LogP contribution is 2.02. The summed E-state index contributed by atoms with van der Waals surface area (Å²) in [6, 6.07) is -0.586. The molecule has 0 aliphatic carbocycles. The van der Waals surface area contributed by atoms with Crippen LogP contribution in [0, 0.1) is 0 Å². The van der Waals surface area contributed by atoms with E-state index < -0.39 is 12.0 Å². The van der Waals surface area contributed by atoms with Gasteiger partial charge in [-0.1, -0.05) is 6.08 Å². The van der Waals surface area contributed by atoms with Crippen LogP contribution in [-0.4, -0.2) is 23.5 Å². The largest absolute Gasteiger partial charge is 0.393 e. The third-order valence-corrected chi connectivity index (χ3v) is 2.17. The van der Waals surface area contributed by atoms with Gasteiger partial charge in [0.2, 0.25) is 0 Å². The van der Waals surface area contributed by atoms with Crippen molar-refractivity contribution >= 4 is 30.6 Å². The maximum Gasteiger partial charge on any atom is 0.335 e. The fraction of sp³-hybridized carbons (Fsp3) is 0.500. The number of thioether (sulfide) groups is 1. The van der Waals surface area contributed by atoms with Crippen LogP contribution in [0.4, 0.5) is 0 Å². The summed E-state index contributed by atoms with van der Waals surface area (Å²) >= 11 is 4.87. The van der Waals surface area contributed by atoms with E-state index in [0.717, 1.165) is 5.75 Å². The topological polar surface area (TPSA) is 52.3 Å². The smallest absolute Gasteiger partial charge is 0.335 e. The van der Waals surface area contributed by atoms with Gasteiger partial charge in [-0.25, -0.2) is 4.79 Å². The van der Waals surface area contributed by atoms with Gasteiger partial charge in [0.25, 0.3) is 0 Å². The molecule has 0 aromatic carbocycles. The van der Waals surface area contributed by atoms with Gasteiger partial charge in [0, 0.05) is 24.4 Å². The van der Waals surface area contributed by atoms with Crippen molar-refractivity contribution in [3.63, 3.8) is 0 Å². The Kier molecular flexibility index (Phi) is 6.49. The number of hydrogen-bond donors (Lipinski definition) is 2.